The molecule has 1 atom stereocenters. The lowest BCUT2D eigenvalue weighted by molar-refractivity contribution is -0.144. The maximum atomic E-state index is 11.3. The van der Waals surface area contributed by atoms with Crippen molar-refractivity contribution in [2.45, 2.75) is 27.2 Å². The number of carbonyl (C=O) groups excluding carboxylic acids is 2. The van der Waals surface area contributed by atoms with Gasteiger partial charge in [-0.3, -0.25) is 9.59 Å². The van der Waals surface area contributed by atoms with E-state index in [0.29, 0.717) is 0 Å². The molecule has 0 aromatic heterocycles. The maximum Gasteiger partial charge on any atom is 0.313 e. The van der Waals surface area contributed by atoms with Gasteiger partial charge in [-0.15, -0.1) is 0 Å². The average Bonchev–Trinajstić information content (AvgIpc) is 2.02. The summed E-state index contributed by atoms with van der Waals surface area (Å²) in [5.74, 6) is -0.282. The second-order valence-electron chi connectivity index (χ2n) is 3.25. The second kappa shape index (κ2) is 4.91. The number of carbonyl (C=O) groups is 2. The lowest BCUT2D eigenvalue weighted by Gasteiger charge is -2.12. The van der Waals surface area contributed by atoms with E-state index in [4.69, 9.17) is 0 Å². The Morgan fingerprint density at radius 3 is 2.08 bits per heavy atom. The van der Waals surface area contributed by atoms with Crippen LogP contribution in [0.15, 0.2) is 0 Å². The fourth-order valence-corrected chi connectivity index (χ4v) is 0.747. The van der Waals surface area contributed by atoms with Crippen LogP contribution in [0.25, 0.3) is 0 Å². The van der Waals surface area contributed by atoms with E-state index in [0.717, 1.165) is 0 Å². The maximum absolute atomic E-state index is 11.3. The lowest BCUT2D eigenvalue weighted by atomic mass is 9.92. The Morgan fingerprint density at radius 1 is 1.25 bits per heavy atom. The van der Waals surface area contributed by atoms with Crippen molar-refractivity contribution in [1.29, 1.82) is 0 Å². The zero-order valence-electron chi connectivity index (χ0n) is 8.09. The van der Waals surface area contributed by atoms with Gasteiger partial charge in [-0.2, -0.15) is 0 Å². The molecule has 0 aliphatic heterocycles. The summed E-state index contributed by atoms with van der Waals surface area (Å²) in [4.78, 5) is 22.0. The first-order valence-corrected chi connectivity index (χ1v) is 4.08. The molecule has 0 spiro atoms. The summed E-state index contributed by atoms with van der Waals surface area (Å²) in [7, 11) is 1.29. The number of esters is 1. The van der Waals surface area contributed by atoms with E-state index in [9.17, 15) is 9.59 Å². The molecular formula is C9H16O3. The molecule has 0 rings (SSSR count). The third-order valence-corrected chi connectivity index (χ3v) is 2.05. The highest BCUT2D eigenvalue weighted by atomic mass is 16.5. The molecule has 0 unspecified atom stereocenters. The van der Waals surface area contributed by atoms with Gasteiger partial charge in [0.05, 0.1) is 7.11 Å². The van der Waals surface area contributed by atoms with Crippen molar-refractivity contribution < 1.29 is 14.3 Å². The van der Waals surface area contributed by atoms with E-state index < -0.39 is 5.97 Å². The highest BCUT2D eigenvalue weighted by molar-refractivity contribution is 5.96. The third kappa shape index (κ3) is 3.51. The van der Waals surface area contributed by atoms with Crippen molar-refractivity contribution in [3.8, 4) is 0 Å². The topological polar surface area (TPSA) is 43.4 Å². The first-order valence-electron chi connectivity index (χ1n) is 4.08. The van der Waals surface area contributed by atoms with Crippen molar-refractivity contribution in [2.24, 2.45) is 11.8 Å². The second-order valence-corrected chi connectivity index (χ2v) is 3.25. The van der Waals surface area contributed by atoms with Crippen LogP contribution >= 0.6 is 0 Å². The van der Waals surface area contributed by atoms with Crippen molar-refractivity contribution in [1.82, 2.24) is 0 Å². The minimum absolute atomic E-state index is 0.0446. The van der Waals surface area contributed by atoms with Crippen molar-refractivity contribution in [3.63, 3.8) is 0 Å². The molecule has 0 saturated heterocycles. The van der Waals surface area contributed by atoms with Gasteiger partial charge in [0, 0.05) is 5.92 Å². The average molecular weight is 172 g/mol. The van der Waals surface area contributed by atoms with Crippen LogP contribution in [0.5, 0.6) is 0 Å². The SMILES string of the molecule is COC(=O)CC(=O)[C@H](C)C(C)C. The first kappa shape index (κ1) is 11.1. The van der Waals surface area contributed by atoms with Crippen LogP contribution < -0.4 is 0 Å². The predicted molar refractivity (Wildman–Crippen MR) is 45.6 cm³/mol. The van der Waals surface area contributed by atoms with Crippen LogP contribution in [-0.4, -0.2) is 18.9 Å². The monoisotopic (exact) mass is 172 g/mol. The molecule has 0 bridgehead atoms. The smallest absolute Gasteiger partial charge is 0.313 e. The van der Waals surface area contributed by atoms with E-state index in [1.54, 1.807) is 0 Å². The normalized spacial score (nSPS) is 12.8. The van der Waals surface area contributed by atoms with Gasteiger partial charge >= 0.3 is 5.97 Å². The van der Waals surface area contributed by atoms with Crippen LogP contribution in [0.4, 0.5) is 0 Å². The van der Waals surface area contributed by atoms with Gasteiger partial charge in [-0.05, 0) is 5.92 Å². The van der Waals surface area contributed by atoms with E-state index in [1.165, 1.54) is 7.11 Å². The molecule has 0 amide bonds. The van der Waals surface area contributed by atoms with Crippen LogP contribution in [0.3, 0.4) is 0 Å². The Morgan fingerprint density at radius 2 is 1.75 bits per heavy atom. The molecule has 0 fully saturated rings. The number of hydrogen-bond donors (Lipinski definition) is 0. The summed E-state index contributed by atoms with van der Waals surface area (Å²) < 4.78 is 4.39. The highest BCUT2D eigenvalue weighted by Crippen LogP contribution is 2.12. The number of Topliss-reactive ketones (excluding diaryl/α,β-unsaturated/α-hetero) is 1. The minimum atomic E-state index is -0.451. The van der Waals surface area contributed by atoms with Gasteiger partial charge < -0.3 is 4.74 Å². The predicted octanol–water partition coefficient (Wildman–Crippen LogP) is 1.41. The minimum Gasteiger partial charge on any atom is -0.469 e. The molecule has 0 aliphatic carbocycles. The number of hydrogen-bond acceptors (Lipinski definition) is 3. The molecule has 0 saturated carbocycles. The molecule has 0 radical (unpaired) electrons. The first-order chi connectivity index (χ1) is 5.49. The van der Waals surface area contributed by atoms with Crippen LogP contribution in [0, 0.1) is 11.8 Å². The van der Waals surface area contributed by atoms with Gasteiger partial charge in [-0.25, -0.2) is 0 Å². The number of rotatable bonds is 4. The Labute approximate surface area is 73.1 Å². The van der Waals surface area contributed by atoms with Crippen LogP contribution in [0.2, 0.25) is 0 Å². The standard InChI is InChI=1S/C9H16O3/c1-6(2)7(3)8(10)5-9(11)12-4/h6-7H,5H2,1-4H3/t7-/m1/s1. The quantitative estimate of drug-likeness (QED) is 0.475. The lowest BCUT2D eigenvalue weighted by Crippen LogP contribution is -2.20. The molecule has 0 aromatic rings. The van der Waals surface area contributed by atoms with Gasteiger partial charge in [0.1, 0.15) is 12.2 Å². The number of methoxy groups -OCH3 is 1. The van der Waals surface area contributed by atoms with Crippen LogP contribution in [-0.2, 0) is 14.3 Å². The zero-order valence-corrected chi connectivity index (χ0v) is 8.09. The summed E-state index contributed by atoms with van der Waals surface area (Å²) in [6.07, 6.45) is -0.101. The van der Waals surface area contributed by atoms with E-state index in [2.05, 4.69) is 4.74 Å². The van der Waals surface area contributed by atoms with Gasteiger partial charge in [-0.1, -0.05) is 20.8 Å². The zero-order chi connectivity index (χ0) is 9.72. The number of ether oxygens (including phenoxy) is 1. The molecule has 0 N–H and O–H groups in total. The van der Waals surface area contributed by atoms with E-state index in [1.807, 2.05) is 20.8 Å². The largest absolute Gasteiger partial charge is 0.469 e. The van der Waals surface area contributed by atoms with Crippen molar-refractivity contribution in [2.75, 3.05) is 7.11 Å². The van der Waals surface area contributed by atoms with Crippen molar-refractivity contribution >= 4 is 11.8 Å². The van der Waals surface area contributed by atoms with Crippen molar-refractivity contribution in [3.05, 3.63) is 0 Å². The highest BCUT2D eigenvalue weighted by Gasteiger charge is 2.19. The Balaban J connectivity index is 3.96. The fourth-order valence-electron chi connectivity index (χ4n) is 0.747. The van der Waals surface area contributed by atoms with Gasteiger partial charge in [0.25, 0.3) is 0 Å². The molecule has 70 valence electrons. The molecule has 0 aliphatic rings. The molecule has 0 heterocycles. The molecule has 12 heavy (non-hydrogen) atoms. The summed E-state index contributed by atoms with van der Waals surface area (Å²) in [6.45, 7) is 5.75. The Hall–Kier alpha value is -0.860. The third-order valence-electron chi connectivity index (χ3n) is 2.05. The van der Waals surface area contributed by atoms with E-state index in [-0.39, 0.29) is 24.0 Å². The Bertz CT molecular complexity index is 173. The summed E-state index contributed by atoms with van der Waals surface area (Å²) in [5, 5.41) is 0. The van der Waals surface area contributed by atoms with Crippen LogP contribution in [0.1, 0.15) is 27.2 Å². The summed E-state index contributed by atoms with van der Waals surface area (Å²) >= 11 is 0. The Kier molecular flexibility index (Phi) is 4.55. The van der Waals surface area contributed by atoms with Gasteiger partial charge in [0.15, 0.2) is 0 Å². The molecule has 3 nitrogen and oxygen atoms in total. The molecule has 3 heteroatoms. The summed E-state index contributed by atoms with van der Waals surface area (Å²) in [6, 6.07) is 0. The fraction of sp³-hybridized carbons (Fsp3) is 0.778. The number of ketones is 1. The molecular weight excluding hydrogens is 156 g/mol. The molecule has 0 aromatic carbocycles. The van der Waals surface area contributed by atoms with E-state index >= 15 is 0 Å². The van der Waals surface area contributed by atoms with Gasteiger partial charge in [0.2, 0.25) is 0 Å². The summed E-state index contributed by atoms with van der Waals surface area (Å²) in [5.41, 5.74) is 0.